The average molecular weight is 332 g/mol. The molecule has 0 radical (unpaired) electrons. The zero-order valence-electron chi connectivity index (χ0n) is 12.2. The van der Waals surface area contributed by atoms with Gasteiger partial charge in [0.25, 0.3) is 5.91 Å². The lowest BCUT2D eigenvalue weighted by molar-refractivity contribution is 0.0993. The van der Waals surface area contributed by atoms with Crippen LogP contribution in [0.2, 0.25) is 0 Å². The molecule has 0 saturated heterocycles. The maximum absolute atomic E-state index is 12.6. The van der Waals surface area contributed by atoms with Crippen molar-refractivity contribution in [3.8, 4) is 0 Å². The minimum atomic E-state index is -0.00217. The van der Waals surface area contributed by atoms with Crippen molar-refractivity contribution in [1.29, 1.82) is 0 Å². The van der Waals surface area contributed by atoms with E-state index in [-0.39, 0.29) is 5.91 Å². The van der Waals surface area contributed by atoms with Crippen LogP contribution in [0.15, 0.2) is 40.9 Å². The van der Waals surface area contributed by atoms with Crippen LogP contribution in [0, 0.1) is 20.8 Å². The predicted octanol–water partition coefficient (Wildman–Crippen LogP) is 4.65. The largest absolute Gasteiger partial charge is 0.311 e. The molecule has 2 aromatic carbocycles. The number of aryl methyl sites for hydroxylation is 3. The third-order valence-corrected chi connectivity index (χ3v) is 4.29. The van der Waals surface area contributed by atoms with E-state index in [0.29, 0.717) is 5.56 Å². The van der Waals surface area contributed by atoms with Gasteiger partial charge in [-0.15, -0.1) is 0 Å². The van der Waals surface area contributed by atoms with Gasteiger partial charge in [-0.2, -0.15) is 0 Å². The summed E-state index contributed by atoms with van der Waals surface area (Å²) >= 11 is 3.47. The Kier molecular flexibility index (Phi) is 4.29. The Morgan fingerprint density at radius 3 is 2.30 bits per heavy atom. The van der Waals surface area contributed by atoms with Crippen molar-refractivity contribution in [3.05, 3.63) is 63.1 Å². The van der Waals surface area contributed by atoms with Crippen molar-refractivity contribution >= 4 is 27.5 Å². The molecule has 0 aromatic heterocycles. The standard InChI is InChI=1S/C17H18BrNO/c1-11-5-8-16(13(3)9-11)19(4)17(20)14-7-6-12(2)15(18)10-14/h5-10H,1-4H3. The third kappa shape index (κ3) is 2.93. The van der Waals surface area contributed by atoms with Gasteiger partial charge in [0.15, 0.2) is 0 Å². The van der Waals surface area contributed by atoms with Crippen molar-refractivity contribution < 1.29 is 4.79 Å². The van der Waals surface area contributed by atoms with Gasteiger partial charge >= 0.3 is 0 Å². The van der Waals surface area contributed by atoms with E-state index in [1.165, 1.54) is 5.56 Å². The van der Waals surface area contributed by atoms with Crippen LogP contribution in [0.25, 0.3) is 0 Å². The van der Waals surface area contributed by atoms with Crippen LogP contribution in [-0.2, 0) is 0 Å². The maximum atomic E-state index is 12.6. The number of anilines is 1. The summed E-state index contributed by atoms with van der Waals surface area (Å²) in [4.78, 5) is 14.3. The predicted molar refractivity (Wildman–Crippen MR) is 87.5 cm³/mol. The van der Waals surface area contributed by atoms with Gasteiger partial charge < -0.3 is 4.90 Å². The molecule has 0 aliphatic heterocycles. The van der Waals surface area contributed by atoms with Crippen molar-refractivity contribution in [2.45, 2.75) is 20.8 Å². The first-order chi connectivity index (χ1) is 9.40. The monoisotopic (exact) mass is 331 g/mol. The lowest BCUT2D eigenvalue weighted by Gasteiger charge is -2.20. The number of carbonyl (C=O) groups is 1. The number of nitrogens with zero attached hydrogens (tertiary/aromatic N) is 1. The molecule has 0 fully saturated rings. The second kappa shape index (κ2) is 5.80. The highest BCUT2D eigenvalue weighted by Crippen LogP contribution is 2.23. The fraction of sp³-hybridized carbons (Fsp3) is 0.235. The summed E-state index contributed by atoms with van der Waals surface area (Å²) in [5.41, 5.74) is 5.05. The van der Waals surface area contributed by atoms with Gasteiger partial charge in [0.2, 0.25) is 0 Å². The molecule has 0 saturated carbocycles. The van der Waals surface area contributed by atoms with Crippen molar-refractivity contribution in [1.82, 2.24) is 0 Å². The van der Waals surface area contributed by atoms with Gasteiger partial charge in [0.05, 0.1) is 0 Å². The van der Waals surface area contributed by atoms with Gasteiger partial charge in [-0.1, -0.05) is 39.7 Å². The summed E-state index contributed by atoms with van der Waals surface area (Å²) in [6, 6.07) is 11.8. The van der Waals surface area contributed by atoms with E-state index in [2.05, 4.69) is 28.9 Å². The Morgan fingerprint density at radius 2 is 1.70 bits per heavy atom. The molecule has 0 aliphatic carbocycles. The smallest absolute Gasteiger partial charge is 0.258 e. The van der Waals surface area contributed by atoms with Crippen LogP contribution in [0.3, 0.4) is 0 Å². The highest BCUT2D eigenvalue weighted by molar-refractivity contribution is 9.10. The molecule has 2 nitrogen and oxygen atoms in total. The molecular weight excluding hydrogens is 314 g/mol. The number of halogens is 1. The fourth-order valence-electron chi connectivity index (χ4n) is 2.21. The van der Waals surface area contributed by atoms with Crippen LogP contribution >= 0.6 is 15.9 Å². The van der Waals surface area contributed by atoms with E-state index in [0.717, 1.165) is 21.3 Å². The van der Waals surface area contributed by atoms with Crippen LogP contribution in [0.1, 0.15) is 27.0 Å². The topological polar surface area (TPSA) is 20.3 Å². The Labute approximate surface area is 128 Å². The average Bonchev–Trinajstić information content (AvgIpc) is 2.40. The van der Waals surface area contributed by atoms with Crippen LogP contribution in [-0.4, -0.2) is 13.0 Å². The van der Waals surface area contributed by atoms with Crippen LogP contribution < -0.4 is 4.90 Å². The second-order valence-electron chi connectivity index (χ2n) is 5.12. The van der Waals surface area contributed by atoms with Gasteiger partial charge in [0.1, 0.15) is 0 Å². The molecular formula is C17H18BrNO. The highest BCUT2D eigenvalue weighted by Gasteiger charge is 2.15. The highest BCUT2D eigenvalue weighted by atomic mass is 79.9. The zero-order valence-corrected chi connectivity index (χ0v) is 13.8. The van der Waals surface area contributed by atoms with E-state index < -0.39 is 0 Å². The molecule has 104 valence electrons. The first-order valence-electron chi connectivity index (χ1n) is 6.51. The third-order valence-electron chi connectivity index (χ3n) is 3.44. The van der Waals surface area contributed by atoms with Gasteiger partial charge in [-0.25, -0.2) is 0 Å². The summed E-state index contributed by atoms with van der Waals surface area (Å²) in [6.07, 6.45) is 0. The first-order valence-corrected chi connectivity index (χ1v) is 7.31. The van der Waals surface area contributed by atoms with Gasteiger partial charge in [-0.05, 0) is 50.1 Å². The summed E-state index contributed by atoms with van der Waals surface area (Å²) in [6.45, 7) is 6.08. The second-order valence-corrected chi connectivity index (χ2v) is 5.97. The molecule has 0 bridgehead atoms. The van der Waals surface area contributed by atoms with E-state index in [9.17, 15) is 4.79 Å². The summed E-state index contributed by atoms with van der Waals surface area (Å²) in [5.74, 6) is -0.00217. The molecule has 2 rings (SSSR count). The van der Waals surface area contributed by atoms with Gasteiger partial charge in [-0.3, -0.25) is 4.79 Å². The molecule has 0 spiro atoms. The van der Waals surface area contributed by atoms with E-state index in [4.69, 9.17) is 0 Å². The molecule has 0 aliphatic rings. The van der Waals surface area contributed by atoms with E-state index in [1.54, 1.807) is 4.90 Å². The summed E-state index contributed by atoms with van der Waals surface area (Å²) in [7, 11) is 1.81. The molecule has 0 atom stereocenters. The SMILES string of the molecule is Cc1ccc(N(C)C(=O)c2ccc(C)c(Br)c2)c(C)c1. The van der Waals surface area contributed by atoms with Crippen LogP contribution in [0.4, 0.5) is 5.69 Å². The number of carbonyl (C=O) groups excluding carboxylic acids is 1. The molecule has 20 heavy (non-hydrogen) atoms. The normalized spacial score (nSPS) is 10.4. The van der Waals surface area contributed by atoms with E-state index >= 15 is 0 Å². The first kappa shape index (κ1) is 14.8. The lowest BCUT2D eigenvalue weighted by atomic mass is 10.1. The van der Waals surface area contributed by atoms with E-state index in [1.807, 2.05) is 51.2 Å². The zero-order chi connectivity index (χ0) is 14.9. The quantitative estimate of drug-likeness (QED) is 0.784. The Hall–Kier alpha value is -1.61. The lowest BCUT2D eigenvalue weighted by Crippen LogP contribution is -2.26. The number of hydrogen-bond acceptors (Lipinski definition) is 1. The Balaban J connectivity index is 2.34. The Morgan fingerprint density at radius 1 is 1.00 bits per heavy atom. The van der Waals surface area contributed by atoms with Crippen molar-refractivity contribution in [3.63, 3.8) is 0 Å². The van der Waals surface area contributed by atoms with Crippen LogP contribution in [0.5, 0.6) is 0 Å². The van der Waals surface area contributed by atoms with Crippen molar-refractivity contribution in [2.24, 2.45) is 0 Å². The number of hydrogen-bond donors (Lipinski definition) is 0. The minimum Gasteiger partial charge on any atom is -0.311 e. The molecule has 1 amide bonds. The molecule has 0 heterocycles. The molecule has 0 unspecified atom stereocenters. The van der Waals surface area contributed by atoms with Crippen molar-refractivity contribution in [2.75, 3.05) is 11.9 Å². The molecule has 0 N–H and O–H groups in total. The summed E-state index contributed by atoms with van der Waals surface area (Å²) in [5, 5.41) is 0. The fourth-order valence-corrected chi connectivity index (χ4v) is 2.59. The molecule has 3 heteroatoms. The summed E-state index contributed by atoms with van der Waals surface area (Å²) < 4.78 is 0.956. The maximum Gasteiger partial charge on any atom is 0.258 e. The number of amides is 1. The molecule has 2 aromatic rings. The minimum absolute atomic E-state index is 0.00217. The number of rotatable bonds is 2. The van der Waals surface area contributed by atoms with Gasteiger partial charge in [0, 0.05) is 22.8 Å². The Bertz CT molecular complexity index is 664. The number of benzene rings is 2.